The molecular weight excluding hydrogens is 338 g/mol. The third-order valence-electron chi connectivity index (χ3n) is 3.61. The molecule has 2 aromatic rings. The van der Waals surface area contributed by atoms with Crippen LogP contribution < -0.4 is 10.0 Å². The Bertz CT molecular complexity index is 985. The fourth-order valence-corrected chi connectivity index (χ4v) is 3.13. The van der Waals surface area contributed by atoms with Gasteiger partial charge in [-0.3, -0.25) is 4.79 Å². The summed E-state index contributed by atoms with van der Waals surface area (Å²) in [6.45, 7) is 0. The molecule has 0 spiro atoms. The van der Waals surface area contributed by atoms with Crippen LogP contribution in [-0.2, 0) is 14.8 Å². The number of benzene rings is 2. The van der Waals surface area contributed by atoms with Gasteiger partial charge in [0, 0.05) is 22.4 Å². The van der Waals surface area contributed by atoms with Crippen LogP contribution in [0.1, 0.15) is 11.1 Å². The smallest absolute Gasteiger partial charge is 0.256 e. The quantitative estimate of drug-likeness (QED) is 0.835. The van der Waals surface area contributed by atoms with Crippen LogP contribution in [0.3, 0.4) is 0 Å². The Morgan fingerprint density at radius 3 is 2.58 bits per heavy atom. The lowest BCUT2D eigenvalue weighted by atomic mass is 10.0. The first kappa shape index (κ1) is 16.3. The largest absolute Gasteiger partial charge is 0.321 e. The Morgan fingerprint density at radius 2 is 1.88 bits per heavy atom. The van der Waals surface area contributed by atoms with Crippen LogP contribution in [0.25, 0.3) is 11.6 Å². The molecule has 1 aliphatic rings. The zero-order valence-electron chi connectivity index (χ0n) is 12.4. The highest BCUT2D eigenvalue weighted by Gasteiger charge is 2.26. The zero-order chi connectivity index (χ0) is 17.5. The summed E-state index contributed by atoms with van der Waals surface area (Å²) in [4.78, 5) is 12.1. The maximum Gasteiger partial charge on any atom is 0.256 e. The third kappa shape index (κ3) is 2.81. The van der Waals surface area contributed by atoms with E-state index in [4.69, 9.17) is 0 Å². The van der Waals surface area contributed by atoms with Crippen molar-refractivity contribution in [1.29, 1.82) is 0 Å². The van der Waals surface area contributed by atoms with Gasteiger partial charge in [-0.25, -0.2) is 21.9 Å². The maximum atomic E-state index is 13.8. The normalized spacial score (nSPS) is 15.5. The molecule has 0 radical (unpaired) electrons. The lowest BCUT2D eigenvalue weighted by Gasteiger charge is -2.05. The Hall–Kier alpha value is -2.58. The molecule has 0 fully saturated rings. The number of carbonyl (C=O) groups excluding carboxylic acids is 1. The number of hydrogen-bond donors (Lipinski definition) is 2. The van der Waals surface area contributed by atoms with Gasteiger partial charge in [0.2, 0.25) is 10.0 Å². The molecule has 0 unspecified atom stereocenters. The van der Waals surface area contributed by atoms with Crippen LogP contribution in [-0.4, -0.2) is 21.4 Å². The monoisotopic (exact) mass is 350 g/mol. The number of halogens is 2. The second-order valence-electron chi connectivity index (χ2n) is 5.09. The highest BCUT2D eigenvalue weighted by Crippen LogP contribution is 2.35. The van der Waals surface area contributed by atoms with E-state index in [1.54, 1.807) is 0 Å². The van der Waals surface area contributed by atoms with Gasteiger partial charge in [0.1, 0.15) is 11.6 Å². The van der Waals surface area contributed by atoms with Crippen molar-refractivity contribution in [3.63, 3.8) is 0 Å². The van der Waals surface area contributed by atoms with Crippen LogP contribution in [0.15, 0.2) is 41.3 Å². The van der Waals surface area contributed by atoms with Gasteiger partial charge in [0.05, 0.1) is 4.90 Å². The van der Waals surface area contributed by atoms with Gasteiger partial charge >= 0.3 is 0 Å². The number of fused-ring (bicyclic) bond motifs is 1. The Morgan fingerprint density at radius 1 is 1.12 bits per heavy atom. The second-order valence-corrected chi connectivity index (χ2v) is 6.98. The number of carbonyl (C=O) groups is 1. The summed E-state index contributed by atoms with van der Waals surface area (Å²) in [5, 5.41) is 2.56. The molecule has 0 saturated carbocycles. The predicted octanol–water partition coefficient (Wildman–Crippen LogP) is 2.37. The van der Waals surface area contributed by atoms with E-state index in [-0.39, 0.29) is 16.0 Å². The van der Waals surface area contributed by atoms with Gasteiger partial charge in [0.15, 0.2) is 0 Å². The van der Waals surface area contributed by atoms with Crippen molar-refractivity contribution in [3.05, 3.63) is 59.2 Å². The van der Waals surface area contributed by atoms with E-state index in [0.29, 0.717) is 11.3 Å². The van der Waals surface area contributed by atoms with Crippen molar-refractivity contribution in [2.24, 2.45) is 0 Å². The molecule has 8 heteroatoms. The van der Waals surface area contributed by atoms with Crippen LogP contribution >= 0.6 is 0 Å². The molecule has 24 heavy (non-hydrogen) atoms. The van der Waals surface area contributed by atoms with Gasteiger partial charge in [-0.2, -0.15) is 0 Å². The van der Waals surface area contributed by atoms with Crippen molar-refractivity contribution >= 4 is 33.3 Å². The number of nitrogens with one attached hydrogen (secondary N) is 2. The summed E-state index contributed by atoms with van der Waals surface area (Å²) in [6, 6.07) is 6.98. The topological polar surface area (TPSA) is 75.3 Å². The van der Waals surface area contributed by atoms with Crippen molar-refractivity contribution in [2.45, 2.75) is 4.90 Å². The molecule has 0 saturated heterocycles. The summed E-state index contributed by atoms with van der Waals surface area (Å²) < 4.78 is 53.1. The molecule has 5 nitrogen and oxygen atoms in total. The fourth-order valence-electron chi connectivity index (χ4n) is 2.38. The van der Waals surface area contributed by atoms with Gasteiger partial charge < -0.3 is 5.32 Å². The minimum Gasteiger partial charge on any atom is -0.321 e. The van der Waals surface area contributed by atoms with Crippen molar-refractivity contribution in [3.8, 4) is 0 Å². The SMILES string of the molecule is CNS(=O)(=O)c1ccc2c(c1)C(=Cc1cc(F)ccc1F)C(=O)N2. The molecule has 0 aliphatic carbocycles. The standard InChI is InChI=1S/C16H12F2N2O3S/c1-19-24(22,23)11-3-5-15-12(8-11)13(16(21)20-15)7-9-6-10(17)2-4-14(9)18/h2-8,19H,1H3,(H,20,21). The molecule has 0 bridgehead atoms. The molecule has 0 aromatic heterocycles. The lowest BCUT2D eigenvalue weighted by molar-refractivity contribution is -0.110. The van der Waals surface area contributed by atoms with Crippen LogP contribution in [0.2, 0.25) is 0 Å². The lowest BCUT2D eigenvalue weighted by Crippen LogP contribution is -2.18. The highest BCUT2D eigenvalue weighted by molar-refractivity contribution is 7.89. The molecule has 124 valence electrons. The van der Waals surface area contributed by atoms with E-state index in [0.717, 1.165) is 18.2 Å². The fraction of sp³-hybridized carbons (Fsp3) is 0.0625. The molecule has 1 amide bonds. The first-order chi connectivity index (χ1) is 11.3. The van der Waals surface area contributed by atoms with Crippen molar-refractivity contribution < 1.29 is 22.0 Å². The number of hydrogen-bond acceptors (Lipinski definition) is 3. The van der Waals surface area contributed by atoms with Crippen molar-refractivity contribution in [2.75, 3.05) is 12.4 Å². The Labute approximate surface area is 137 Å². The number of amides is 1. The average Bonchev–Trinajstić information content (AvgIpc) is 2.86. The van der Waals surface area contributed by atoms with E-state index in [9.17, 15) is 22.0 Å². The molecule has 1 aliphatic heterocycles. The average molecular weight is 350 g/mol. The number of sulfonamides is 1. The molecule has 3 rings (SSSR count). The second kappa shape index (κ2) is 5.81. The van der Waals surface area contributed by atoms with Crippen LogP contribution in [0.5, 0.6) is 0 Å². The summed E-state index contributed by atoms with van der Waals surface area (Å²) >= 11 is 0. The zero-order valence-corrected chi connectivity index (χ0v) is 13.2. The first-order valence-electron chi connectivity index (χ1n) is 6.88. The van der Waals surface area contributed by atoms with Gasteiger partial charge in [0.25, 0.3) is 5.91 Å². The molecule has 0 atom stereocenters. The number of rotatable bonds is 3. The predicted molar refractivity (Wildman–Crippen MR) is 85.5 cm³/mol. The van der Waals surface area contributed by atoms with E-state index in [1.807, 2.05) is 0 Å². The Balaban J connectivity index is 2.16. The van der Waals surface area contributed by atoms with Crippen LogP contribution in [0.4, 0.5) is 14.5 Å². The minimum atomic E-state index is -3.70. The summed E-state index contributed by atoms with van der Waals surface area (Å²) in [6.07, 6.45) is 1.19. The summed E-state index contributed by atoms with van der Waals surface area (Å²) in [7, 11) is -2.43. The summed E-state index contributed by atoms with van der Waals surface area (Å²) in [5.74, 6) is -1.86. The van der Waals surface area contributed by atoms with Gasteiger partial charge in [-0.05, 0) is 49.5 Å². The van der Waals surface area contributed by atoms with Gasteiger partial charge in [-0.15, -0.1) is 0 Å². The van der Waals surface area contributed by atoms with Gasteiger partial charge in [-0.1, -0.05) is 0 Å². The van der Waals surface area contributed by atoms with E-state index < -0.39 is 27.6 Å². The first-order valence-corrected chi connectivity index (χ1v) is 8.36. The molecule has 2 aromatic carbocycles. The number of anilines is 1. The highest BCUT2D eigenvalue weighted by atomic mass is 32.2. The summed E-state index contributed by atoms with van der Waals surface area (Å²) in [5.41, 5.74) is 0.663. The van der Waals surface area contributed by atoms with E-state index in [2.05, 4.69) is 10.0 Å². The molecular formula is C16H12F2N2O3S. The van der Waals surface area contributed by atoms with E-state index in [1.165, 1.54) is 31.3 Å². The Kier molecular flexibility index (Phi) is 3.94. The van der Waals surface area contributed by atoms with Crippen LogP contribution in [0, 0.1) is 11.6 Å². The molecule has 1 heterocycles. The minimum absolute atomic E-state index is 0.0362. The van der Waals surface area contributed by atoms with Crippen molar-refractivity contribution in [1.82, 2.24) is 4.72 Å². The maximum absolute atomic E-state index is 13.8. The molecule has 2 N–H and O–H groups in total. The third-order valence-corrected chi connectivity index (χ3v) is 5.02. The van der Waals surface area contributed by atoms with E-state index >= 15 is 0 Å².